The number of carbonyl (C=O) groups is 1. The van der Waals surface area contributed by atoms with Crippen molar-refractivity contribution in [2.24, 2.45) is 11.7 Å². The number of anilines is 1. The molecule has 3 atom stereocenters. The molecule has 1 aliphatic heterocycles. The van der Waals surface area contributed by atoms with Gasteiger partial charge in [0, 0.05) is 36.4 Å². The third-order valence-corrected chi connectivity index (χ3v) is 5.19. The maximum atomic E-state index is 12.7. The monoisotopic (exact) mass is 394 g/mol. The van der Waals surface area contributed by atoms with Crippen LogP contribution in [0.15, 0.2) is 30.5 Å². The molecule has 152 valence electrons. The largest absolute Gasteiger partial charge is 0.412 e. The Morgan fingerprint density at radius 1 is 1.36 bits per heavy atom. The number of halogens is 3. The normalized spacial score (nSPS) is 21.6. The van der Waals surface area contributed by atoms with E-state index in [9.17, 15) is 18.0 Å². The molecule has 8 heteroatoms. The van der Waals surface area contributed by atoms with Crippen molar-refractivity contribution in [1.29, 1.82) is 0 Å². The fourth-order valence-corrected chi connectivity index (χ4v) is 3.87. The van der Waals surface area contributed by atoms with Crippen molar-refractivity contribution in [1.82, 2.24) is 10.3 Å². The standard InChI is InChI=1S/C20H25F3N4O/c1-3-13-6-7-16(15-5-4-8-25-17(13)15)27-10-12(2)9-14(11-27)26-19(28)18(24)20(21,22)23/h4-8,12,14,18H,3,9-11,24H2,1-2H3,(H,26,28)/t12-,14+,18?/m0/s1. The Morgan fingerprint density at radius 2 is 2.11 bits per heavy atom. The summed E-state index contributed by atoms with van der Waals surface area (Å²) in [5, 5.41) is 3.49. The molecule has 1 saturated heterocycles. The van der Waals surface area contributed by atoms with Crippen LogP contribution in [0, 0.1) is 5.92 Å². The van der Waals surface area contributed by atoms with Crippen molar-refractivity contribution in [2.75, 3.05) is 18.0 Å². The summed E-state index contributed by atoms with van der Waals surface area (Å²) >= 11 is 0. The number of amides is 1. The van der Waals surface area contributed by atoms with Crippen molar-refractivity contribution in [3.05, 3.63) is 36.0 Å². The van der Waals surface area contributed by atoms with E-state index in [1.807, 2.05) is 31.2 Å². The average molecular weight is 394 g/mol. The molecule has 1 aromatic carbocycles. The van der Waals surface area contributed by atoms with E-state index in [0.717, 1.165) is 35.1 Å². The summed E-state index contributed by atoms with van der Waals surface area (Å²) in [7, 11) is 0. The van der Waals surface area contributed by atoms with E-state index >= 15 is 0 Å². The summed E-state index contributed by atoms with van der Waals surface area (Å²) in [6.45, 7) is 5.28. The summed E-state index contributed by atoms with van der Waals surface area (Å²) in [5.41, 5.74) is 8.09. The van der Waals surface area contributed by atoms with Gasteiger partial charge < -0.3 is 16.0 Å². The van der Waals surface area contributed by atoms with E-state index in [-0.39, 0.29) is 5.92 Å². The molecule has 3 N–H and O–H groups in total. The number of nitrogens with one attached hydrogen (secondary N) is 1. The quantitative estimate of drug-likeness (QED) is 0.836. The molecule has 28 heavy (non-hydrogen) atoms. The van der Waals surface area contributed by atoms with Crippen LogP contribution in [0.1, 0.15) is 25.8 Å². The number of hydrogen-bond acceptors (Lipinski definition) is 4. The molecule has 0 saturated carbocycles. The highest BCUT2D eigenvalue weighted by Crippen LogP contribution is 2.31. The highest BCUT2D eigenvalue weighted by atomic mass is 19.4. The Hall–Kier alpha value is -2.35. The van der Waals surface area contributed by atoms with E-state index < -0.39 is 24.2 Å². The van der Waals surface area contributed by atoms with Gasteiger partial charge in [-0.3, -0.25) is 9.78 Å². The number of benzene rings is 1. The summed E-state index contributed by atoms with van der Waals surface area (Å²) in [4.78, 5) is 18.5. The van der Waals surface area contributed by atoms with E-state index in [2.05, 4.69) is 22.1 Å². The zero-order valence-electron chi connectivity index (χ0n) is 16.0. The number of fused-ring (bicyclic) bond motifs is 1. The Morgan fingerprint density at radius 3 is 2.79 bits per heavy atom. The first-order chi connectivity index (χ1) is 13.2. The van der Waals surface area contributed by atoms with Crippen LogP contribution in [0.3, 0.4) is 0 Å². The predicted molar refractivity (Wildman–Crippen MR) is 103 cm³/mol. The smallest absolute Gasteiger partial charge is 0.369 e. The molecule has 0 radical (unpaired) electrons. The fourth-order valence-electron chi connectivity index (χ4n) is 3.87. The molecule has 0 bridgehead atoms. The van der Waals surface area contributed by atoms with Crippen LogP contribution in [-0.4, -0.2) is 42.2 Å². The van der Waals surface area contributed by atoms with Gasteiger partial charge in [-0.2, -0.15) is 13.2 Å². The second kappa shape index (κ2) is 7.95. The summed E-state index contributed by atoms with van der Waals surface area (Å²) in [6, 6.07) is 5.04. The van der Waals surface area contributed by atoms with Crippen LogP contribution in [-0.2, 0) is 11.2 Å². The molecule has 2 heterocycles. The predicted octanol–water partition coefficient (Wildman–Crippen LogP) is 3.02. The summed E-state index contributed by atoms with van der Waals surface area (Å²) in [5.74, 6) is -0.974. The number of carbonyl (C=O) groups excluding carboxylic acids is 1. The van der Waals surface area contributed by atoms with Gasteiger partial charge in [-0.25, -0.2) is 0 Å². The Kier molecular flexibility index (Phi) is 5.79. The SMILES string of the molecule is CCc1ccc(N2C[C@@H](C)C[C@@H](NC(=O)C(N)C(F)(F)F)C2)c2cccnc12. The molecular formula is C20H25F3N4O. The number of piperidine rings is 1. The third-order valence-electron chi connectivity index (χ3n) is 5.19. The van der Waals surface area contributed by atoms with Crippen molar-refractivity contribution in [3.8, 4) is 0 Å². The number of aryl methyl sites for hydroxylation is 1. The molecule has 0 aliphatic carbocycles. The molecule has 1 amide bonds. The third kappa shape index (κ3) is 4.22. The maximum Gasteiger partial charge on any atom is 0.412 e. The highest BCUT2D eigenvalue weighted by molar-refractivity contribution is 5.94. The van der Waals surface area contributed by atoms with Crippen LogP contribution in [0.4, 0.5) is 18.9 Å². The van der Waals surface area contributed by atoms with Gasteiger partial charge in [0.1, 0.15) is 0 Å². The lowest BCUT2D eigenvalue weighted by Gasteiger charge is -2.39. The number of nitrogens with two attached hydrogens (primary N) is 1. The van der Waals surface area contributed by atoms with E-state index in [0.29, 0.717) is 13.0 Å². The minimum atomic E-state index is -4.75. The maximum absolute atomic E-state index is 12.7. The van der Waals surface area contributed by atoms with Crippen LogP contribution >= 0.6 is 0 Å². The van der Waals surface area contributed by atoms with E-state index in [4.69, 9.17) is 5.73 Å². The van der Waals surface area contributed by atoms with Gasteiger partial charge >= 0.3 is 6.18 Å². The van der Waals surface area contributed by atoms with Gasteiger partial charge in [-0.05, 0) is 42.5 Å². The van der Waals surface area contributed by atoms with E-state index in [1.54, 1.807) is 6.20 Å². The summed E-state index contributed by atoms with van der Waals surface area (Å²) < 4.78 is 38.1. The fraction of sp³-hybridized carbons (Fsp3) is 0.500. The molecule has 2 aromatic rings. The first-order valence-corrected chi connectivity index (χ1v) is 9.45. The molecule has 1 aromatic heterocycles. The number of nitrogens with zero attached hydrogens (tertiary/aromatic N) is 2. The summed E-state index contributed by atoms with van der Waals surface area (Å²) in [6.07, 6.45) is -1.53. The Balaban J connectivity index is 1.84. The van der Waals surface area contributed by atoms with Crippen LogP contribution in [0.25, 0.3) is 10.9 Å². The first kappa shape index (κ1) is 20.4. The topological polar surface area (TPSA) is 71.2 Å². The molecular weight excluding hydrogens is 369 g/mol. The molecule has 3 rings (SSSR count). The van der Waals surface area contributed by atoms with Crippen molar-refractivity contribution in [3.63, 3.8) is 0 Å². The van der Waals surface area contributed by atoms with Crippen LogP contribution < -0.4 is 16.0 Å². The van der Waals surface area contributed by atoms with Crippen molar-refractivity contribution < 1.29 is 18.0 Å². The lowest BCUT2D eigenvalue weighted by atomic mass is 9.94. The van der Waals surface area contributed by atoms with Gasteiger partial charge in [-0.15, -0.1) is 0 Å². The number of alkyl halides is 3. The lowest BCUT2D eigenvalue weighted by Crippen LogP contribution is -2.57. The number of aromatic nitrogens is 1. The molecule has 1 unspecified atom stereocenters. The second-order valence-corrected chi connectivity index (χ2v) is 7.47. The second-order valence-electron chi connectivity index (χ2n) is 7.47. The van der Waals surface area contributed by atoms with Gasteiger partial charge in [0.15, 0.2) is 6.04 Å². The molecule has 1 aliphatic rings. The minimum absolute atomic E-state index is 0.207. The molecule has 1 fully saturated rings. The Bertz CT molecular complexity index is 855. The zero-order valence-corrected chi connectivity index (χ0v) is 16.0. The van der Waals surface area contributed by atoms with Crippen LogP contribution in [0.5, 0.6) is 0 Å². The lowest BCUT2D eigenvalue weighted by molar-refractivity contribution is -0.163. The van der Waals surface area contributed by atoms with Gasteiger partial charge in [0.2, 0.25) is 5.91 Å². The molecule has 5 nitrogen and oxygen atoms in total. The Labute approximate surface area is 162 Å². The zero-order chi connectivity index (χ0) is 20.5. The number of rotatable bonds is 4. The number of pyridine rings is 1. The van der Waals surface area contributed by atoms with Gasteiger partial charge in [0.05, 0.1) is 5.52 Å². The number of hydrogen-bond donors (Lipinski definition) is 2. The first-order valence-electron chi connectivity index (χ1n) is 9.45. The van der Waals surface area contributed by atoms with Crippen LogP contribution in [0.2, 0.25) is 0 Å². The van der Waals surface area contributed by atoms with E-state index in [1.165, 1.54) is 0 Å². The molecule has 0 spiro atoms. The average Bonchev–Trinajstić information content (AvgIpc) is 2.65. The van der Waals surface area contributed by atoms with Crippen molar-refractivity contribution in [2.45, 2.75) is 44.9 Å². The van der Waals surface area contributed by atoms with Crippen molar-refractivity contribution >= 4 is 22.5 Å². The van der Waals surface area contributed by atoms with Gasteiger partial charge in [-0.1, -0.05) is 19.9 Å². The van der Waals surface area contributed by atoms with Gasteiger partial charge in [0.25, 0.3) is 0 Å². The minimum Gasteiger partial charge on any atom is -0.369 e. The highest BCUT2D eigenvalue weighted by Gasteiger charge is 2.43.